The number of aromatic nitrogens is 1. The molecule has 1 aromatic heterocycles. The summed E-state index contributed by atoms with van der Waals surface area (Å²) >= 11 is 0. The van der Waals surface area contributed by atoms with Crippen LogP contribution in [0.15, 0.2) is 46.9 Å². The number of allylic oxidation sites excluding steroid dienone is 2. The first kappa shape index (κ1) is 29.5. The number of methoxy groups -OCH3 is 1. The number of carbonyl (C=O) groups is 3. The molecule has 0 bridgehead atoms. The molecule has 1 aliphatic carbocycles. The van der Waals surface area contributed by atoms with Crippen LogP contribution in [-0.4, -0.2) is 52.3 Å². The monoisotopic (exact) mass is 572 g/mol. The van der Waals surface area contributed by atoms with E-state index in [0.717, 1.165) is 5.56 Å². The van der Waals surface area contributed by atoms with Crippen LogP contribution in [0.1, 0.15) is 87.0 Å². The number of ether oxygens (including phenoxy) is 2. The molecule has 8 nitrogen and oxygen atoms in total. The number of nitrogens with zero attached hydrogens (tertiary/aromatic N) is 2. The SMILES string of the molecule is CCN1C(=O)C2=C(C[C@H]1C(C)C)OC1=C(C(=O)CC(C)(C)C1)[C@@H]2c1c(OC)ccc(-c2ccc(C)c(C(=O)O)n2)c1C. The predicted molar refractivity (Wildman–Crippen MR) is 159 cm³/mol. The maximum atomic E-state index is 14.4. The summed E-state index contributed by atoms with van der Waals surface area (Å²) < 4.78 is 12.4. The highest BCUT2D eigenvalue weighted by molar-refractivity contribution is 6.06. The molecule has 222 valence electrons. The van der Waals surface area contributed by atoms with E-state index in [9.17, 15) is 19.5 Å². The lowest BCUT2D eigenvalue weighted by Crippen LogP contribution is -2.50. The third-order valence-electron chi connectivity index (χ3n) is 8.96. The summed E-state index contributed by atoms with van der Waals surface area (Å²) in [7, 11) is 1.58. The van der Waals surface area contributed by atoms with E-state index in [-0.39, 0.29) is 34.8 Å². The van der Waals surface area contributed by atoms with Crippen LogP contribution < -0.4 is 4.74 Å². The molecule has 2 atom stereocenters. The van der Waals surface area contributed by atoms with Gasteiger partial charge in [0.25, 0.3) is 5.91 Å². The number of aromatic carboxylic acids is 1. The number of ketones is 1. The molecule has 0 radical (unpaired) electrons. The van der Waals surface area contributed by atoms with E-state index < -0.39 is 11.9 Å². The van der Waals surface area contributed by atoms with Gasteiger partial charge in [0.1, 0.15) is 17.3 Å². The molecule has 0 saturated heterocycles. The zero-order valence-corrected chi connectivity index (χ0v) is 25.8. The van der Waals surface area contributed by atoms with Crippen molar-refractivity contribution >= 4 is 17.7 Å². The fourth-order valence-corrected chi connectivity index (χ4v) is 6.88. The van der Waals surface area contributed by atoms with Crippen LogP contribution in [-0.2, 0) is 14.3 Å². The van der Waals surface area contributed by atoms with E-state index >= 15 is 0 Å². The first-order chi connectivity index (χ1) is 19.8. The number of pyridine rings is 1. The van der Waals surface area contributed by atoms with E-state index in [4.69, 9.17) is 9.47 Å². The minimum absolute atomic E-state index is 0.0168. The van der Waals surface area contributed by atoms with Crippen molar-refractivity contribution in [3.8, 4) is 17.0 Å². The van der Waals surface area contributed by atoms with Gasteiger partial charge in [0.2, 0.25) is 0 Å². The van der Waals surface area contributed by atoms with Gasteiger partial charge in [-0.05, 0) is 61.4 Å². The molecule has 0 saturated carbocycles. The van der Waals surface area contributed by atoms with Crippen molar-refractivity contribution in [1.82, 2.24) is 9.88 Å². The minimum atomic E-state index is -1.10. The van der Waals surface area contributed by atoms with E-state index in [0.29, 0.717) is 76.6 Å². The first-order valence-corrected chi connectivity index (χ1v) is 14.7. The van der Waals surface area contributed by atoms with Crippen LogP contribution in [0.5, 0.6) is 5.75 Å². The number of carboxylic acid groups (broad SMARTS) is 1. The van der Waals surface area contributed by atoms with Crippen molar-refractivity contribution in [1.29, 1.82) is 0 Å². The van der Waals surface area contributed by atoms with Crippen molar-refractivity contribution in [2.24, 2.45) is 11.3 Å². The van der Waals surface area contributed by atoms with Crippen molar-refractivity contribution in [2.45, 2.75) is 79.7 Å². The number of carbonyl (C=O) groups excluding carboxylic acids is 2. The Morgan fingerprint density at radius 3 is 2.45 bits per heavy atom. The first-order valence-electron chi connectivity index (χ1n) is 14.7. The quantitative estimate of drug-likeness (QED) is 0.429. The lowest BCUT2D eigenvalue weighted by molar-refractivity contribution is -0.132. The third-order valence-corrected chi connectivity index (χ3v) is 8.96. The van der Waals surface area contributed by atoms with E-state index in [1.165, 1.54) is 0 Å². The Kier molecular flexibility index (Phi) is 7.54. The molecule has 2 aromatic rings. The third kappa shape index (κ3) is 4.80. The van der Waals surface area contributed by atoms with Crippen molar-refractivity contribution < 1.29 is 29.0 Å². The zero-order chi connectivity index (χ0) is 30.7. The van der Waals surface area contributed by atoms with Gasteiger partial charge >= 0.3 is 5.97 Å². The van der Waals surface area contributed by atoms with Crippen LogP contribution in [0.3, 0.4) is 0 Å². The standard InChI is InChI=1S/C34H40N2O6/c1-9-36-22(17(2)3)14-25-29(32(36)38)30(28-23(37)15-34(6,7)16-26(28)42-25)27-19(5)20(11-13-24(27)41-8)21-12-10-18(4)31(35-21)33(39)40/h10-13,17,22,30H,9,14-16H2,1-8H3,(H,39,40)/t22-,30-/m0/s1. The Morgan fingerprint density at radius 1 is 1.12 bits per heavy atom. The predicted octanol–water partition coefficient (Wildman–Crippen LogP) is 6.36. The number of aryl methyl sites for hydroxylation is 1. The summed E-state index contributed by atoms with van der Waals surface area (Å²) in [6.45, 7) is 14.5. The lowest BCUT2D eigenvalue weighted by Gasteiger charge is -2.45. The van der Waals surface area contributed by atoms with E-state index in [1.54, 1.807) is 26.2 Å². The molecule has 0 spiro atoms. The topological polar surface area (TPSA) is 106 Å². The number of rotatable bonds is 6. The van der Waals surface area contributed by atoms with Crippen LogP contribution in [0.2, 0.25) is 0 Å². The second-order valence-electron chi connectivity index (χ2n) is 12.8. The fourth-order valence-electron chi connectivity index (χ4n) is 6.88. The van der Waals surface area contributed by atoms with Crippen LogP contribution in [0.4, 0.5) is 0 Å². The summed E-state index contributed by atoms with van der Waals surface area (Å²) in [6, 6.07) is 7.19. The van der Waals surface area contributed by atoms with Gasteiger partial charge in [-0.15, -0.1) is 0 Å². The average molecular weight is 573 g/mol. The Hall–Kier alpha value is -3.94. The summed E-state index contributed by atoms with van der Waals surface area (Å²) in [4.78, 5) is 46.6. The normalized spacial score (nSPS) is 21.8. The van der Waals surface area contributed by atoms with Crippen LogP contribution >= 0.6 is 0 Å². The average Bonchev–Trinajstić information content (AvgIpc) is 2.91. The maximum absolute atomic E-state index is 14.4. The Balaban J connectivity index is 1.80. The highest BCUT2D eigenvalue weighted by Gasteiger charge is 2.49. The highest BCUT2D eigenvalue weighted by atomic mass is 16.5. The molecular formula is C34H40N2O6. The minimum Gasteiger partial charge on any atom is -0.496 e. The Morgan fingerprint density at radius 2 is 1.83 bits per heavy atom. The van der Waals surface area contributed by atoms with Crippen molar-refractivity contribution in [3.05, 3.63) is 69.3 Å². The van der Waals surface area contributed by atoms with Crippen molar-refractivity contribution in [2.75, 3.05) is 13.7 Å². The second-order valence-corrected chi connectivity index (χ2v) is 12.8. The van der Waals surface area contributed by atoms with Gasteiger partial charge in [-0.2, -0.15) is 0 Å². The van der Waals surface area contributed by atoms with Gasteiger partial charge in [0.05, 0.1) is 24.3 Å². The number of carboxylic acids is 1. The second kappa shape index (κ2) is 10.7. The van der Waals surface area contributed by atoms with E-state index in [2.05, 4.69) is 32.7 Å². The molecule has 0 fully saturated rings. The Bertz CT molecular complexity index is 1560. The van der Waals surface area contributed by atoms with E-state index in [1.807, 2.05) is 30.9 Å². The molecule has 1 amide bonds. The molecule has 5 rings (SSSR count). The summed E-state index contributed by atoms with van der Waals surface area (Å²) in [6.07, 6.45) is 1.50. The lowest BCUT2D eigenvalue weighted by atomic mass is 9.67. The van der Waals surface area contributed by atoms with Gasteiger partial charge in [0.15, 0.2) is 11.5 Å². The molecule has 3 aliphatic rings. The molecule has 1 N–H and O–H groups in total. The van der Waals surface area contributed by atoms with Gasteiger partial charge < -0.3 is 19.5 Å². The maximum Gasteiger partial charge on any atom is 0.354 e. The molecular weight excluding hydrogens is 532 g/mol. The number of benzene rings is 1. The number of hydrogen-bond donors (Lipinski definition) is 1. The molecule has 8 heteroatoms. The molecule has 42 heavy (non-hydrogen) atoms. The largest absolute Gasteiger partial charge is 0.496 e. The van der Waals surface area contributed by atoms with Crippen molar-refractivity contribution in [3.63, 3.8) is 0 Å². The van der Waals surface area contributed by atoms with Gasteiger partial charge in [-0.3, -0.25) is 9.59 Å². The van der Waals surface area contributed by atoms with Crippen LogP contribution in [0.25, 0.3) is 11.3 Å². The number of amides is 1. The molecule has 3 heterocycles. The number of Topliss-reactive ketones (excluding diaryl/α,β-unsaturated/α-hetero) is 1. The number of hydrogen-bond acceptors (Lipinski definition) is 6. The zero-order valence-electron chi connectivity index (χ0n) is 25.8. The van der Waals surface area contributed by atoms with Crippen LogP contribution in [0, 0.1) is 25.2 Å². The Labute approximate surface area is 247 Å². The fraction of sp³-hybridized carbons (Fsp3) is 0.471. The summed E-state index contributed by atoms with van der Waals surface area (Å²) in [5.41, 5.74) is 3.96. The van der Waals surface area contributed by atoms with Gasteiger partial charge in [0, 0.05) is 48.5 Å². The highest BCUT2D eigenvalue weighted by Crippen LogP contribution is 2.54. The number of likely N-dealkylation sites (N-methyl/N-ethyl adjacent to an activating group) is 1. The summed E-state index contributed by atoms with van der Waals surface area (Å²) in [5, 5.41) is 9.73. The summed E-state index contributed by atoms with van der Waals surface area (Å²) in [5.74, 6) is 0.0964. The smallest absolute Gasteiger partial charge is 0.354 e. The van der Waals surface area contributed by atoms with Gasteiger partial charge in [-0.1, -0.05) is 33.8 Å². The molecule has 1 aromatic carbocycles. The van der Waals surface area contributed by atoms with Gasteiger partial charge in [-0.25, -0.2) is 9.78 Å². The molecule has 2 aliphatic heterocycles. The molecule has 0 unspecified atom stereocenters.